The van der Waals surface area contributed by atoms with Gasteiger partial charge < -0.3 is 10.2 Å². The van der Waals surface area contributed by atoms with Crippen molar-refractivity contribution < 1.29 is 22.9 Å². The molecule has 0 saturated carbocycles. The molecule has 0 aliphatic heterocycles. The van der Waals surface area contributed by atoms with Gasteiger partial charge >= 0.3 is 0 Å². The van der Waals surface area contributed by atoms with Gasteiger partial charge in [0, 0.05) is 47.3 Å². The van der Waals surface area contributed by atoms with Crippen molar-refractivity contribution in [2.24, 2.45) is 0 Å². The zero-order valence-electron chi connectivity index (χ0n) is 22.7. The Morgan fingerprint density at radius 2 is 1.66 bits per heavy atom. The van der Waals surface area contributed by atoms with Crippen molar-refractivity contribution in [3.05, 3.63) is 104 Å². The fraction of sp³-hybridized carbons (Fsp3) is 0.286. The monoisotopic (exact) mass is 620 g/mol. The molecule has 0 aliphatic rings. The van der Waals surface area contributed by atoms with Gasteiger partial charge in [-0.3, -0.25) is 24.0 Å². The number of hydrogen-bond acceptors (Lipinski definition) is 6. The molecule has 0 spiro atoms. The van der Waals surface area contributed by atoms with Gasteiger partial charge in [-0.2, -0.15) is 0 Å². The molecule has 2 amide bonds. The fourth-order valence-electron chi connectivity index (χ4n) is 4.27. The van der Waals surface area contributed by atoms with Crippen LogP contribution in [0.1, 0.15) is 23.6 Å². The largest absolute Gasteiger partial charge is 0.355 e. The van der Waals surface area contributed by atoms with Gasteiger partial charge in [-0.25, -0.2) is 8.42 Å². The number of sulfonamides is 1. The Morgan fingerprint density at radius 1 is 1.02 bits per heavy atom. The third-order valence-corrected chi connectivity index (χ3v) is 8.20. The number of amides is 2. The highest BCUT2D eigenvalue weighted by Crippen LogP contribution is 2.30. The normalized spacial score (nSPS) is 11.9. The first-order chi connectivity index (χ1) is 19.3. The maximum absolute atomic E-state index is 14.1. The average molecular weight is 622 g/mol. The fourth-order valence-corrected chi connectivity index (χ4v) is 5.69. The second kappa shape index (κ2) is 13.8. The first kappa shape index (κ1) is 31.9. The minimum absolute atomic E-state index is 0.0246. The van der Waals surface area contributed by atoms with Crippen LogP contribution in [0, 0.1) is 17.0 Å². The van der Waals surface area contributed by atoms with E-state index in [4.69, 9.17) is 23.2 Å². The van der Waals surface area contributed by atoms with Gasteiger partial charge in [-0.15, -0.1) is 0 Å². The van der Waals surface area contributed by atoms with Gasteiger partial charge in [0.05, 0.1) is 16.9 Å². The van der Waals surface area contributed by atoms with Crippen LogP contribution in [0.4, 0.5) is 11.4 Å². The van der Waals surface area contributed by atoms with Crippen LogP contribution in [0.5, 0.6) is 0 Å². The summed E-state index contributed by atoms with van der Waals surface area (Å²) < 4.78 is 26.7. The van der Waals surface area contributed by atoms with Crippen molar-refractivity contribution >= 4 is 56.4 Å². The minimum Gasteiger partial charge on any atom is -0.355 e. The van der Waals surface area contributed by atoms with Crippen molar-refractivity contribution in [1.82, 2.24) is 10.2 Å². The van der Waals surface area contributed by atoms with Gasteiger partial charge in [0.15, 0.2) is 0 Å². The summed E-state index contributed by atoms with van der Waals surface area (Å²) in [6.45, 7) is 2.69. The molecule has 0 aliphatic carbocycles. The highest BCUT2D eigenvalue weighted by atomic mass is 35.5. The number of benzene rings is 3. The summed E-state index contributed by atoms with van der Waals surface area (Å²) in [4.78, 5) is 39.5. The van der Waals surface area contributed by atoms with Crippen molar-refractivity contribution in [2.45, 2.75) is 32.9 Å². The molecule has 3 rings (SSSR count). The number of hydrogen-bond donors (Lipinski definition) is 1. The van der Waals surface area contributed by atoms with Crippen molar-refractivity contribution in [3.63, 3.8) is 0 Å². The van der Waals surface area contributed by atoms with E-state index in [9.17, 15) is 28.1 Å². The molecule has 41 heavy (non-hydrogen) atoms. The number of halogens is 2. The molecule has 0 aromatic heterocycles. The topological polar surface area (TPSA) is 130 Å². The smallest absolute Gasteiger partial charge is 0.271 e. The highest BCUT2D eigenvalue weighted by molar-refractivity contribution is 7.92. The van der Waals surface area contributed by atoms with Crippen LogP contribution >= 0.6 is 23.2 Å². The van der Waals surface area contributed by atoms with Crippen molar-refractivity contribution in [3.8, 4) is 0 Å². The lowest BCUT2D eigenvalue weighted by Gasteiger charge is -2.34. The van der Waals surface area contributed by atoms with Gasteiger partial charge in [0.2, 0.25) is 21.8 Å². The van der Waals surface area contributed by atoms with Crippen LogP contribution < -0.4 is 9.62 Å². The molecule has 218 valence electrons. The molecule has 3 aromatic rings. The molecule has 13 heteroatoms. The number of likely N-dealkylation sites (N-methyl/N-ethyl adjacent to an activating group) is 1. The Hall–Kier alpha value is -3.67. The zero-order chi connectivity index (χ0) is 30.3. The Kier molecular flexibility index (Phi) is 10.7. The Bertz CT molecular complexity index is 1520. The molecule has 0 saturated heterocycles. The van der Waals surface area contributed by atoms with Crippen molar-refractivity contribution in [1.29, 1.82) is 0 Å². The van der Waals surface area contributed by atoms with E-state index in [0.717, 1.165) is 22.2 Å². The van der Waals surface area contributed by atoms with E-state index < -0.39 is 39.3 Å². The molecular weight excluding hydrogens is 591 g/mol. The number of aryl methyl sites for hydroxylation is 1. The average Bonchev–Trinajstić information content (AvgIpc) is 2.91. The van der Waals surface area contributed by atoms with E-state index in [-0.39, 0.29) is 34.4 Å². The van der Waals surface area contributed by atoms with E-state index in [2.05, 4.69) is 5.32 Å². The highest BCUT2D eigenvalue weighted by Gasteiger charge is 2.34. The Balaban J connectivity index is 2.14. The Morgan fingerprint density at radius 3 is 2.22 bits per heavy atom. The van der Waals surface area contributed by atoms with Gasteiger partial charge in [0.25, 0.3) is 5.69 Å². The van der Waals surface area contributed by atoms with Crippen molar-refractivity contribution in [2.75, 3.05) is 23.7 Å². The molecule has 0 heterocycles. The van der Waals surface area contributed by atoms with Gasteiger partial charge in [-0.05, 0) is 37.1 Å². The van der Waals surface area contributed by atoms with Crippen LogP contribution in [0.2, 0.25) is 10.0 Å². The number of nitrogens with one attached hydrogen (secondary N) is 1. The van der Waals surface area contributed by atoms with Gasteiger partial charge in [-0.1, -0.05) is 65.7 Å². The minimum atomic E-state index is -4.11. The number of anilines is 1. The van der Waals surface area contributed by atoms with Crippen LogP contribution in [-0.2, 0) is 32.6 Å². The second-order valence-electron chi connectivity index (χ2n) is 9.32. The first-order valence-electron chi connectivity index (χ1n) is 12.6. The molecule has 0 unspecified atom stereocenters. The molecule has 0 fully saturated rings. The molecule has 10 nitrogen and oxygen atoms in total. The first-order valence-corrected chi connectivity index (χ1v) is 15.2. The lowest BCUT2D eigenvalue weighted by atomic mass is 10.0. The molecular formula is C28H30Cl2N4O6S. The number of nitro benzene ring substituents is 1. The standard InChI is InChI=1S/C28H30Cl2N4O6S/c1-4-31-28(36)26(15-20-9-6-5-7-10-20)32(17-22-23(29)11-8-12-24(22)30)27(35)18-33(41(3,39)40)25-16-21(34(37)38)14-13-19(25)2/h5-14,16,26H,4,15,17-18H2,1-3H3,(H,31,36)/t26-/m1/s1. The number of nitrogens with zero attached hydrogens (tertiary/aromatic N) is 3. The molecule has 3 aromatic carbocycles. The van der Waals surface area contributed by atoms with Crippen LogP contribution in [0.3, 0.4) is 0 Å². The Labute approximate surface area is 249 Å². The van der Waals surface area contributed by atoms with Gasteiger partial charge in [0.1, 0.15) is 12.6 Å². The number of carbonyl (C=O) groups excluding carboxylic acids is 2. The summed E-state index contributed by atoms with van der Waals surface area (Å²) in [6, 6.07) is 16.6. The zero-order valence-corrected chi connectivity index (χ0v) is 25.0. The lowest BCUT2D eigenvalue weighted by Crippen LogP contribution is -2.53. The summed E-state index contributed by atoms with van der Waals surface area (Å²) >= 11 is 12.9. The van der Waals surface area contributed by atoms with E-state index >= 15 is 0 Å². The summed E-state index contributed by atoms with van der Waals surface area (Å²) in [5, 5.41) is 14.7. The van der Waals surface area contributed by atoms with Crippen LogP contribution in [0.25, 0.3) is 0 Å². The maximum Gasteiger partial charge on any atom is 0.271 e. The van der Waals surface area contributed by atoms with Crippen LogP contribution in [-0.4, -0.2) is 55.4 Å². The SMILES string of the molecule is CCNC(=O)[C@@H](Cc1ccccc1)N(Cc1c(Cl)cccc1Cl)C(=O)CN(c1cc([N+](=O)[O-])ccc1C)S(C)(=O)=O. The predicted molar refractivity (Wildman–Crippen MR) is 160 cm³/mol. The molecule has 0 radical (unpaired) electrons. The van der Waals surface area contributed by atoms with E-state index in [1.165, 1.54) is 17.0 Å². The quantitative estimate of drug-likeness (QED) is 0.230. The maximum atomic E-state index is 14.1. The summed E-state index contributed by atoms with van der Waals surface area (Å²) in [7, 11) is -4.11. The second-order valence-corrected chi connectivity index (χ2v) is 12.0. The van der Waals surface area contributed by atoms with E-state index in [1.807, 2.05) is 18.2 Å². The predicted octanol–water partition coefficient (Wildman–Crippen LogP) is 4.75. The van der Waals surface area contributed by atoms with E-state index in [0.29, 0.717) is 17.7 Å². The third kappa shape index (κ3) is 8.18. The molecule has 1 N–H and O–H groups in total. The number of nitro groups is 1. The number of carbonyl (C=O) groups is 2. The summed E-state index contributed by atoms with van der Waals surface area (Å²) in [5.41, 5.74) is 1.18. The third-order valence-electron chi connectivity index (χ3n) is 6.36. The summed E-state index contributed by atoms with van der Waals surface area (Å²) in [6.07, 6.45) is 1.02. The number of rotatable bonds is 12. The summed E-state index contributed by atoms with van der Waals surface area (Å²) in [5.74, 6) is -1.19. The van der Waals surface area contributed by atoms with Crippen LogP contribution in [0.15, 0.2) is 66.7 Å². The molecule has 0 bridgehead atoms. The number of non-ortho nitro benzene ring substituents is 1. The van der Waals surface area contributed by atoms with E-state index in [1.54, 1.807) is 44.2 Å². The molecule has 1 atom stereocenters. The lowest BCUT2D eigenvalue weighted by molar-refractivity contribution is -0.384.